The molecule has 1 heterocycles. The highest BCUT2D eigenvalue weighted by atomic mass is 79.9. The molecule has 0 spiro atoms. The number of primary amides is 1. The molecule has 0 radical (unpaired) electrons. The summed E-state index contributed by atoms with van der Waals surface area (Å²) >= 11 is 4.67. The van der Waals surface area contributed by atoms with Crippen molar-refractivity contribution < 1.29 is 4.79 Å². The lowest BCUT2D eigenvalue weighted by Crippen LogP contribution is -2.10. The summed E-state index contributed by atoms with van der Waals surface area (Å²) in [6, 6.07) is 5.70. The number of fused-ring (bicyclic) bond motifs is 1. The van der Waals surface area contributed by atoms with Crippen LogP contribution in [0.1, 0.15) is 9.67 Å². The second-order valence-electron chi connectivity index (χ2n) is 2.85. The van der Waals surface area contributed by atoms with Gasteiger partial charge in [-0.15, -0.1) is 11.3 Å². The van der Waals surface area contributed by atoms with Crippen molar-refractivity contribution in [2.45, 2.75) is 0 Å². The zero-order chi connectivity index (χ0) is 10.3. The van der Waals surface area contributed by atoms with Gasteiger partial charge in [-0.3, -0.25) is 4.79 Å². The zero-order valence-corrected chi connectivity index (χ0v) is 9.48. The van der Waals surface area contributed by atoms with E-state index >= 15 is 0 Å². The fraction of sp³-hybridized carbons (Fsp3) is 0. The lowest BCUT2D eigenvalue weighted by molar-refractivity contribution is 0.100. The standard InChI is InChI=1S/C9H7BrN2OS/c10-4-1-2-6-5(3-4)7(11)8(14-6)9(12)13/h1-3H,11H2,(H2,12,13). The number of benzene rings is 1. The molecule has 1 aromatic carbocycles. The van der Waals surface area contributed by atoms with Crippen LogP contribution >= 0.6 is 27.3 Å². The van der Waals surface area contributed by atoms with Gasteiger partial charge in [-0.25, -0.2) is 0 Å². The van der Waals surface area contributed by atoms with Crippen molar-refractivity contribution in [1.82, 2.24) is 0 Å². The van der Waals surface area contributed by atoms with E-state index in [1.807, 2.05) is 18.2 Å². The van der Waals surface area contributed by atoms with Gasteiger partial charge in [-0.2, -0.15) is 0 Å². The summed E-state index contributed by atoms with van der Waals surface area (Å²) in [5.74, 6) is -0.472. The maximum Gasteiger partial charge on any atom is 0.260 e. The van der Waals surface area contributed by atoms with Crippen LogP contribution < -0.4 is 11.5 Å². The van der Waals surface area contributed by atoms with Crippen LogP contribution in [0.4, 0.5) is 5.69 Å². The third-order valence-electron chi connectivity index (χ3n) is 1.91. The molecule has 3 nitrogen and oxygen atoms in total. The quantitative estimate of drug-likeness (QED) is 0.835. The predicted octanol–water partition coefficient (Wildman–Crippen LogP) is 2.34. The molecule has 0 saturated heterocycles. The number of nitrogen functional groups attached to an aromatic ring is 1. The number of anilines is 1. The molecule has 4 N–H and O–H groups in total. The molecule has 0 fully saturated rings. The number of thiophene rings is 1. The first-order valence-electron chi connectivity index (χ1n) is 3.87. The smallest absolute Gasteiger partial charge is 0.260 e. The highest BCUT2D eigenvalue weighted by Crippen LogP contribution is 2.34. The van der Waals surface area contributed by atoms with Gasteiger partial charge in [-0.1, -0.05) is 15.9 Å². The van der Waals surface area contributed by atoms with Crippen molar-refractivity contribution in [2.75, 3.05) is 5.73 Å². The van der Waals surface area contributed by atoms with E-state index in [2.05, 4.69) is 15.9 Å². The van der Waals surface area contributed by atoms with Crippen molar-refractivity contribution >= 4 is 48.9 Å². The summed E-state index contributed by atoms with van der Waals surface area (Å²) in [5, 5.41) is 0.873. The van der Waals surface area contributed by atoms with Gasteiger partial charge in [0.25, 0.3) is 5.91 Å². The minimum absolute atomic E-state index is 0.429. The van der Waals surface area contributed by atoms with Crippen molar-refractivity contribution in [3.05, 3.63) is 27.5 Å². The molecule has 0 bridgehead atoms. The van der Waals surface area contributed by atoms with Gasteiger partial charge in [0.1, 0.15) is 4.88 Å². The zero-order valence-electron chi connectivity index (χ0n) is 7.08. The number of carbonyl (C=O) groups excluding carboxylic acids is 1. The van der Waals surface area contributed by atoms with Crippen LogP contribution in [-0.4, -0.2) is 5.91 Å². The van der Waals surface area contributed by atoms with Crippen LogP contribution in [0.3, 0.4) is 0 Å². The summed E-state index contributed by atoms with van der Waals surface area (Å²) in [4.78, 5) is 11.4. The Kier molecular flexibility index (Phi) is 2.20. The van der Waals surface area contributed by atoms with Crippen LogP contribution in [0.2, 0.25) is 0 Å². The van der Waals surface area contributed by atoms with Gasteiger partial charge >= 0.3 is 0 Å². The molecule has 72 valence electrons. The third kappa shape index (κ3) is 1.38. The summed E-state index contributed by atoms with van der Waals surface area (Å²) in [6.07, 6.45) is 0. The molecule has 2 aromatic rings. The molecule has 0 atom stereocenters. The fourth-order valence-electron chi connectivity index (χ4n) is 1.27. The monoisotopic (exact) mass is 270 g/mol. The molecular formula is C9H7BrN2OS. The number of amides is 1. The second-order valence-corrected chi connectivity index (χ2v) is 4.82. The average Bonchev–Trinajstić information content (AvgIpc) is 2.44. The van der Waals surface area contributed by atoms with E-state index in [1.54, 1.807) is 0 Å². The molecule has 2 rings (SSSR count). The lowest BCUT2D eigenvalue weighted by Gasteiger charge is -1.93. The minimum atomic E-state index is -0.472. The van der Waals surface area contributed by atoms with Gasteiger partial charge in [0, 0.05) is 14.6 Å². The number of hydrogen-bond donors (Lipinski definition) is 2. The Morgan fingerprint density at radius 1 is 1.43 bits per heavy atom. The van der Waals surface area contributed by atoms with Crippen LogP contribution in [-0.2, 0) is 0 Å². The highest BCUT2D eigenvalue weighted by molar-refractivity contribution is 9.10. The van der Waals surface area contributed by atoms with E-state index in [4.69, 9.17) is 11.5 Å². The number of halogens is 1. The highest BCUT2D eigenvalue weighted by Gasteiger charge is 2.13. The Labute approximate surface area is 92.8 Å². The Hall–Kier alpha value is -1.07. The van der Waals surface area contributed by atoms with Crippen molar-refractivity contribution in [3.8, 4) is 0 Å². The predicted molar refractivity (Wildman–Crippen MR) is 62.5 cm³/mol. The van der Waals surface area contributed by atoms with E-state index in [9.17, 15) is 4.79 Å². The topological polar surface area (TPSA) is 69.1 Å². The van der Waals surface area contributed by atoms with Crippen molar-refractivity contribution in [2.24, 2.45) is 5.73 Å². The van der Waals surface area contributed by atoms with Gasteiger partial charge in [-0.05, 0) is 18.2 Å². The largest absolute Gasteiger partial charge is 0.397 e. The van der Waals surface area contributed by atoms with Crippen molar-refractivity contribution in [1.29, 1.82) is 0 Å². The molecule has 1 aromatic heterocycles. The molecule has 0 aliphatic rings. The number of hydrogen-bond acceptors (Lipinski definition) is 3. The second kappa shape index (κ2) is 3.25. The first kappa shape index (κ1) is 9.48. The molecular weight excluding hydrogens is 264 g/mol. The van der Waals surface area contributed by atoms with E-state index in [1.165, 1.54) is 11.3 Å². The maximum absolute atomic E-state index is 11.0. The summed E-state index contributed by atoms with van der Waals surface area (Å²) in [5.41, 5.74) is 11.5. The Morgan fingerprint density at radius 2 is 2.14 bits per heavy atom. The Bertz CT molecular complexity index is 521. The van der Waals surface area contributed by atoms with Crippen molar-refractivity contribution in [3.63, 3.8) is 0 Å². The van der Waals surface area contributed by atoms with E-state index in [0.717, 1.165) is 14.6 Å². The molecule has 0 aliphatic heterocycles. The van der Waals surface area contributed by atoms with E-state index < -0.39 is 5.91 Å². The first-order chi connectivity index (χ1) is 6.59. The SMILES string of the molecule is NC(=O)c1sc2ccc(Br)cc2c1N. The molecule has 1 amide bonds. The Balaban J connectivity index is 2.80. The summed E-state index contributed by atoms with van der Waals surface area (Å²) < 4.78 is 1.91. The molecule has 14 heavy (non-hydrogen) atoms. The van der Waals surface area contributed by atoms with Gasteiger partial charge in [0.15, 0.2) is 0 Å². The third-order valence-corrected chi connectivity index (χ3v) is 3.61. The molecule has 0 saturated carbocycles. The van der Waals surface area contributed by atoms with Crippen LogP contribution in [0.25, 0.3) is 10.1 Å². The number of nitrogens with two attached hydrogens (primary N) is 2. The molecule has 0 unspecified atom stereocenters. The number of rotatable bonds is 1. The average molecular weight is 271 g/mol. The maximum atomic E-state index is 11.0. The van der Waals surface area contributed by atoms with E-state index in [-0.39, 0.29) is 0 Å². The minimum Gasteiger partial charge on any atom is -0.397 e. The van der Waals surface area contributed by atoms with Gasteiger partial charge in [0.05, 0.1) is 5.69 Å². The molecule has 0 aliphatic carbocycles. The fourth-order valence-corrected chi connectivity index (χ4v) is 2.59. The Morgan fingerprint density at radius 3 is 2.79 bits per heavy atom. The van der Waals surface area contributed by atoms with Crippen LogP contribution in [0.15, 0.2) is 22.7 Å². The summed E-state index contributed by atoms with van der Waals surface area (Å²) in [7, 11) is 0. The number of carbonyl (C=O) groups is 1. The lowest BCUT2D eigenvalue weighted by atomic mass is 10.2. The molecule has 5 heteroatoms. The van der Waals surface area contributed by atoms with Crippen LogP contribution in [0, 0.1) is 0 Å². The normalized spacial score (nSPS) is 10.6. The van der Waals surface area contributed by atoms with E-state index in [0.29, 0.717) is 10.6 Å². The summed E-state index contributed by atoms with van der Waals surface area (Å²) in [6.45, 7) is 0. The van der Waals surface area contributed by atoms with Gasteiger partial charge in [0.2, 0.25) is 0 Å². The van der Waals surface area contributed by atoms with Crippen LogP contribution in [0.5, 0.6) is 0 Å². The van der Waals surface area contributed by atoms with Gasteiger partial charge < -0.3 is 11.5 Å². The first-order valence-corrected chi connectivity index (χ1v) is 5.48.